The second kappa shape index (κ2) is 5.15. The average Bonchev–Trinajstić information content (AvgIpc) is 2.38. The Kier molecular flexibility index (Phi) is 3.40. The Hall–Kier alpha value is -2.60. The van der Waals surface area contributed by atoms with Crippen molar-refractivity contribution in [2.75, 3.05) is 0 Å². The van der Waals surface area contributed by atoms with E-state index in [0.717, 1.165) is 5.56 Å². The van der Waals surface area contributed by atoms with Crippen LogP contribution in [0.25, 0.3) is 0 Å². The first-order chi connectivity index (χ1) is 8.65. The van der Waals surface area contributed by atoms with E-state index < -0.39 is 5.91 Å². The quantitative estimate of drug-likeness (QED) is 0.769. The molecule has 1 aromatic carbocycles. The zero-order valence-corrected chi connectivity index (χ0v) is 9.97. The highest BCUT2D eigenvalue weighted by molar-refractivity contribution is 5.92. The number of carbonyl (C=O) groups excluding carboxylic acids is 1. The number of benzene rings is 1. The summed E-state index contributed by atoms with van der Waals surface area (Å²) < 4.78 is 0. The summed E-state index contributed by atoms with van der Waals surface area (Å²) in [6.45, 7) is 2.03. The highest BCUT2D eigenvalue weighted by Crippen LogP contribution is 2.03. The van der Waals surface area contributed by atoms with Crippen molar-refractivity contribution in [3.63, 3.8) is 0 Å². The first-order valence-electron chi connectivity index (χ1n) is 5.49. The summed E-state index contributed by atoms with van der Waals surface area (Å²) in [6, 6.07) is 9.54. The second-order valence-corrected chi connectivity index (χ2v) is 3.94. The summed E-state index contributed by atoms with van der Waals surface area (Å²) in [5, 5.41) is 0. The van der Waals surface area contributed by atoms with Gasteiger partial charge in [-0.05, 0) is 25.1 Å². The van der Waals surface area contributed by atoms with Crippen LogP contribution in [0.3, 0.4) is 0 Å². The van der Waals surface area contributed by atoms with Crippen LogP contribution in [0.15, 0.2) is 42.7 Å². The smallest absolute Gasteiger partial charge is 0.250 e. The van der Waals surface area contributed by atoms with E-state index in [1.807, 2.05) is 31.2 Å². The lowest BCUT2D eigenvalue weighted by atomic mass is 10.1. The predicted octanol–water partition coefficient (Wildman–Crippen LogP) is 1.89. The summed E-state index contributed by atoms with van der Waals surface area (Å²) in [6.07, 6.45) is 3.03. The standard InChI is InChI=1S/C15H12N2O/c1-11-2-4-12(5-3-11)6-7-13-8-14(15(16)18)10-17-9-13/h2-5,8-10H,1H3,(H2,16,18). The molecule has 18 heavy (non-hydrogen) atoms. The Balaban J connectivity index is 2.27. The van der Waals surface area contributed by atoms with Gasteiger partial charge in [0.2, 0.25) is 5.91 Å². The third-order valence-electron chi connectivity index (χ3n) is 2.43. The molecule has 2 N–H and O–H groups in total. The van der Waals surface area contributed by atoms with Crippen LogP contribution in [-0.4, -0.2) is 10.9 Å². The van der Waals surface area contributed by atoms with Crippen LogP contribution in [-0.2, 0) is 0 Å². The largest absolute Gasteiger partial charge is 0.366 e. The van der Waals surface area contributed by atoms with Crippen LogP contribution in [0, 0.1) is 18.8 Å². The van der Waals surface area contributed by atoms with E-state index in [0.29, 0.717) is 11.1 Å². The molecule has 0 saturated carbocycles. The van der Waals surface area contributed by atoms with E-state index in [1.54, 1.807) is 12.3 Å². The first-order valence-corrected chi connectivity index (χ1v) is 5.49. The van der Waals surface area contributed by atoms with E-state index in [4.69, 9.17) is 5.73 Å². The number of nitrogens with zero attached hydrogens (tertiary/aromatic N) is 1. The molecule has 3 nitrogen and oxygen atoms in total. The zero-order valence-electron chi connectivity index (χ0n) is 9.97. The van der Waals surface area contributed by atoms with Gasteiger partial charge in [-0.15, -0.1) is 0 Å². The van der Waals surface area contributed by atoms with Gasteiger partial charge in [0.05, 0.1) is 5.56 Å². The minimum Gasteiger partial charge on any atom is -0.366 e. The van der Waals surface area contributed by atoms with Crippen LogP contribution in [0.1, 0.15) is 27.0 Å². The zero-order chi connectivity index (χ0) is 13.0. The fourth-order valence-electron chi connectivity index (χ4n) is 1.42. The molecule has 0 aliphatic carbocycles. The van der Waals surface area contributed by atoms with Crippen LogP contribution in [0.2, 0.25) is 0 Å². The monoisotopic (exact) mass is 236 g/mol. The number of aryl methyl sites for hydroxylation is 1. The van der Waals surface area contributed by atoms with Crippen molar-refractivity contribution in [2.45, 2.75) is 6.92 Å². The van der Waals surface area contributed by atoms with Crippen molar-refractivity contribution in [1.82, 2.24) is 4.98 Å². The summed E-state index contributed by atoms with van der Waals surface area (Å²) >= 11 is 0. The van der Waals surface area contributed by atoms with Gasteiger partial charge in [-0.2, -0.15) is 0 Å². The fourth-order valence-corrected chi connectivity index (χ4v) is 1.42. The molecule has 0 aliphatic heterocycles. The Bertz CT molecular complexity index is 634. The van der Waals surface area contributed by atoms with Gasteiger partial charge in [-0.1, -0.05) is 29.5 Å². The van der Waals surface area contributed by atoms with Gasteiger partial charge >= 0.3 is 0 Å². The predicted molar refractivity (Wildman–Crippen MR) is 69.9 cm³/mol. The third kappa shape index (κ3) is 2.96. The number of hydrogen-bond acceptors (Lipinski definition) is 2. The molecule has 3 heteroatoms. The maximum absolute atomic E-state index is 11.0. The molecule has 2 rings (SSSR count). The lowest BCUT2D eigenvalue weighted by Gasteiger charge is -1.95. The van der Waals surface area contributed by atoms with Crippen molar-refractivity contribution in [3.8, 4) is 11.8 Å². The van der Waals surface area contributed by atoms with Gasteiger partial charge in [0, 0.05) is 23.5 Å². The van der Waals surface area contributed by atoms with Crippen LogP contribution in [0.4, 0.5) is 0 Å². The molecule has 0 aliphatic rings. The van der Waals surface area contributed by atoms with Gasteiger partial charge < -0.3 is 5.73 Å². The van der Waals surface area contributed by atoms with Crippen molar-refractivity contribution in [3.05, 3.63) is 65.0 Å². The van der Waals surface area contributed by atoms with Gasteiger partial charge in [-0.25, -0.2) is 0 Å². The van der Waals surface area contributed by atoms with Crippen molar-refractivity contribution >= 4 is 5.91 Å². The fraction of sp³-hybridized carbons (Fsp3) is 0.0667. The first kappa shape index (κ1) is 11.9. The van der Waals surface area contributed by atoms with E-state index in [9.17, 15) is 4.79 Å². The van der Waals surface area contributed by atoms with Crippen molar-refractivity contribution in [1.29, 1.82) is 0 Å². The van der Waals surface area contributed by atoms with Gasteiger partial charge in [0.25, 0.3) is 0 Å². The number of rotatable bonds is 1. The van der Waals surface area contributed by atoms with Gasteiger partial charge in [0.15, 0.2) is 0 Å². The Morgan fingerprint density at radius 1 is 1.11 bits per heavy atom. The van der Waals surface area contributed by atoms with Crippen molar-refractivity contribution in [2.24, 2.45) is 5.73 Å². The number of carbonyl (C=O) groups is 1. The van der Waals surface area contributed by atoms with Gasteiger partial charge in [-0.3, -0.25) is 9.78 Å². The van der Waals surface area contributed by atoms with Crippen LogP contribution in [0.5, 0.6) is 0 Å². The van der Waals surface area contributed by atoms with E-state index in [1.165, 1.54) is 11.8 Å². The minimum absolute atomic E-state index is 0.366. The molecule has 2 aromatic rings. The average molecular weight is 236 g/mol. The molecule has 1 heterocycles. The molecule has 1 aromatic heterocycles. The van der Waals surface area contributed by atoms with E-state index in [-0.39, 0.29) is 0 Å². The maximum Gasteiger partial charge on any atom is 0.250 e. The summed E-state index contributed by atoms with van der Waals surface area (Å²) in [5.74, 6) is 5.47. The topological polar surface area (TPSA) is 56.0 Å². The number of nitrogens with two attached hydrogens (primary N) is 1. The Morgan fingerprint density at radius 2 is 1.78 bits per heavy atom. The summed E-state index contributed by atoms with van der Waals surface area (Å²) in [5.41, 5.74) is 8.33. The van der Waals surface area contributed by atoms with Crippen LogP contribution >= 0.6 is 0 Å². The Labute approximate surface area is 106 Å². The normalized spacial score (nSPS) is 9.39. The third-order valence-corrected chi connectivity index (χ3v) is 2.43. The van der Waals surface area contributed by atoms with Crippen molar-refractivity contribution < 1.29 is 4.79 Å². The highest BCUT2D eigenvalue weighted by Gasteiger charge is 2.00. The molecule has 0 spiro atoms. The van der Waals surface area contributed by atoms with E-state index in [2.05, 4.69) is 16.8 Å². The molecule has 0 fully saturated rings. The molecule has 0 saturated heterocycles. The highest BCUT2D eigenvalue weighted by atomic mass is 16.1. The number of pyridine rings is 1. The second-order valence-electron chi connectivity index (χ2n) is 3.94. The van der Waals surface area contributed by atoms with Gasteiger partial charge in [0.1, 0.15) is 0 Å². The molecule has 1 amide bonds. The molecular formula is C15H12N2O. The summed E-state index contributed by atoms with van der Waals surface area (Å²) in [4.78, 5) is 14.9. The molecule has 0 atom stereocenters. The molecule has 0 unspecified atom stereocenters. The minimum atomic E-state index is -0.499. The molecular weight excluding hydrogens is 224 g/mol. The molecule has 0 radical (unpaired) electrons. The molecule has 0 bridgehead atoms. The molecule has 88 valence electrons. The number of primary amides is 1. The van der Waals surface area contributed by atoms with Crippen LogP contribution < -0.4 is 5.73 Å². The number of hydrogen-bond donors (Lipinski definition) is 1. The lowest BCUT2D eigenvalue weighted by molar-refractivity contribution is 0.1000. The number of amides is 1. The number of aromatic nitrogens is 1. The summed E-state index contributed by atoms with van der Waals surface area (Å²) in [7, 11) is 0. The maximum atomic E-state index is 11.0. The Morgan fingerprint density at radius 3 is 2.44 bits per heavy atom. The lowest BCUT2D eigenvalue weighted by Crippen LogP contribution is -2.11. The SMILES string of the molecule is Cc1ccc(C#Cc2cncc(C(N)=O)c2)cc1. The van der Waals surface area contributed by atoms with E-state index >= 15 is 0 Å².